The molecule has 0 spiro atoms. The largest absolute Gasteiger partial charge is 0.493 e. The lowest BCUT2D eigenvalue weighted by atomic mass is 9.77. The van der Waals surface area contributed by atoms with E-state index < -0.39 is 0 Å². The Kier molecular flexibility index (Phi) is 2.93. The normalized spacial score (nSPS) is 16.8. The lowest BCUT2D eigenvalue weighted by Crippen LogP contribution is -2.20. The standard InChI is InChI=1S/C12H13NO3/c1-15-11-4-8-3-9(6-13-7-14)10(8)5-12(11)16-2/h4-5,9H,3,6H2,1-2H3/t9-/m1/s1. The van der Waals surface area contributed by atoms with Crippen LogP contribution >= 0.6 is 0 Å². The molecule has 84 valence electrons. The van der Waals surface area contributed by atoms with Crippen molar-refractivity contribution in [2.75, 3.05) is 20.8 Å². The molecule has 0 aromatic heterocycles. The molecule has 0 saturated heterocycles. The highest BCUT2D eigenvalue weighted by Crippen LogP contribution is 2.42. The number of aliphatic imine (C=N–C) groups is 1. The highest BCUT2D eigenvalue weighted by Gasteiger charge is 2.28. The van der Waals surface area contributed by atoms with Gasteiger partial charge in [-0.1, -0.05) is 0 Å². The van der Waals surface area contributed by atoms with Gasteiger partial charge in [-0.3, -0.25) is 0 Å². The summed E-state index contributed by atoms with van der Waals surface area (Å²) in [6, 6.07) is 3.94. The van der Waals surface area contributed by atoms with E-state index in [-0.39, 0.29) is 0 Å². The monoisotopic (exact) mass is 219 g/mol. The maximum Gasteiger partial charge on any atom is 0.234 e. The van der Waals surface area contributed by atoms with Gasteiger partial charge in [0.05, 0.1) is 20.8 Å². The van der Waals surface area contributed by atoms with Crippen molar-refractivity contribution < 1.29 is 14.3 Å². The number of benzene rings is 1. The van der Waals surface area contributed by atoms with Crippen molar-refractivity contribution in [3.05, 3.63) is 23.3 Å². The number of ether oxygens (including phenoxy) is 2. The van der Waals surface area contributed by atoms with Crippen LogP contribution in [-0.4, -0.2) is 26.8 Å². The number of rotatable bonds is 4. The van der Waals surface area contributed by atoms with Gasteiger partial charge < -0.3 is 9.47 Å². The van der Waals surface area contributed by atoms with E-state index in [1.807, 2.05) is 12.1 Å². The van der Waals surface area contributed by atoms with Crippen molar-refractivity contribution >= 4 is 6.08 Å². The van der Waals surface area contributed by atoms with Crippen LogP contribution < -0.4 is 9.47 Å². The quantitative estimate of drug-likeness (QED) is 0.571. The fourth-order valence-electron chi connectivity index (χ4n) is 2.05. The molecule has 2 rings (SSSR count). The molecule has 4 nitrogen and oxygen atoms in total. The number of isocyanates is 1. The number of nitrogens with zero attached hydrogens (tertiary/aromatic N) is 1. The molecule has 0 unspecified atom stereocenters. The molecule has 0 bridgehead atoms. The van der Waals surface area contributed by atoms with E-state index in [4.69, 9.17) is 9.47 Å². The lowest BCUT2D eigenvalue weighted by molar-refractivity contribution is 0.352. The first-order chi connectivity index (χ1) is 7.80. The molecule has 1 aromatic rings. The van der Waals surface area contributed by atoms with Gasteiger partial charge in [0, 0.05) is 5.92 Å². The first-order valence-electron chi connectivity index (χ1n) is 5.08. The van der Waals surface area contributed by atoms with Crippen LogP contribution in [0.1, 0.15) is 17.0 Å². The van der Waals surface area contributed by atoms with E-state index in [1.54, 1.807) is 20.3 Å². The zero-order valence-electron chi connectivity index (χ0n) is 9.32. The molecule has 4 heteroatoms. The molecule has 1 aromatic carbocycles. The molecule has 0 fully saturated rings. The van der Waals surface area contributed by atoms with Crippen molar-refractivity contribution in [2.24, 2.45) is 4.99 Å². The summed E-state index contributed by atoms with van der Waals surface area (Å²) in [5.41, 5.74) is 2.43. The Morgan fingerprint density at radius 1 is 1.38 bits per heavy atom. The van der Waals surface area contributed by atoms with E-state index in [0.717, 1.165) is 17.9 Å². The first-order valence-corrected chi connectivity index (χ1v) is 5.08. The predicted octanol–water partition coefficient (Wildman–Crippen LogP) is 1.68. The van der Waals surface area contributed by atoms with Crippen LogP contribution in [0.25, 0.3) is 0 Å². The molecule has 0 radical (unpaired) electrons. The van der Waals surface area contributed by atoms with E-state index in [1.165, 1.54) is 11.1 Å². The Morgan fingerprint density at radius 3 is 2.69 bits per heavy atom. The van der Waals surface area contributed by atoms with Crippen molar-refractivity contribution in [3.63, 3.8) is 0 Å². The van der Waals surface area contributed by atoms with Crippen molar-refractivity contribution in [1.29, 1.82) is 0 Å². The average Bonchev–Trinajstić information content (AvgIpc) is 2.30. The molecule has 1 aliphatic carbocycles. The number of carbonyl (C=O) groups excluding carboxylic acids is 1. The minimum atomic E-state index is 0.316. The molecular weight excluding hydrogens is 206 g/mol. The molecule has 0 amide bonds. The van der Waals surface area contributed by atoms with Gasteiger partial charge >= 0.3 is 0 Å². The third-order valence-electron chi connectivity index (χ3n) is 2.93. The van der Waals surface area contributed by atoms with Crippen molar-refractivity contribution in [3.8, 4) is 11.5 Å². The topological polar surface area (TPSA) is 47.9 Å². The van der Waals surface area contributed by atoms with Gasteiger partial charge in [0.2, 0.25) is 6.08 Å². The maximum absolute atomic E-state index is 10.0. The summed E-state index contributed by atoms with van der Waals surface area (Å²) >= 11 is 0. The zero-order chi connectivity index (χ0) is 11.5. The first kappa shape index (κ1) is 10.7. The Hall–Kier alpha value is -1.80. The second-order valence-electron chi connectivity index (χ2n) is 3.74. The predicted molar refractivity (Wildman–Crippen MR) is 59.0 cm³/mol. The minimum absolute atomic E-state index is 0.316. The third kappa shape index (κ3) is 1.68. The summed E-state index contributed by atoms with van der Waals surface area (Å²) in [6.07, 6.45) is 2.50. The van der Waals surface area contributed by atoms with Gasteiger partial charge in [-0.15, -0.1) is 0 Å². The maximum atomic E-state index is 10.0. The van der Waals surface area contributed by atoms with Crippen LogP contribution in [0, 0.1) is 0 Å². The molecule has 0 saturated carbocycles. The third-order valence-corrected chi connectivity index (χ3v) is 2.93. The molecule has 1 atom stereocenters. The lowest BCUT2D eigenvalue weighted by Gasteiger charge is -2.29. The fourth-order valence-corrected chi connectivity index (χ4v) is 2.05. The van der Waals surface area contributed by atoms with Gasteiger partial charge in [0.15, 0.2) is 11.5 Å². The van der Waals surface area contributed by atoms with Crippen LogP contribution in [0.2, 0.25) is 0 Å². The Labute approximate surface area is 93.9 Å². The number of hydrogen-bond acceptors (Lipinski definition) is 4. The molecule has 16 heavy (non-hydrogen) atoms. The van der Waals surface area contributed by atoms with Gasteiger partial charge in [0.1, 0.15) is 0 Å². The second kappa shape index (κ2) is 4.37. The summed E-state index contributed by atoms with van der Waals surface area (Å²) in [4.78, 5) is 13.7. The van der Waals surface area contributed by atoms with Crippen molar-refractivity contribution in [1.82, 2.24) is 0 Å². The molecular formula is C12H13NO3. The number of methoxy groups -OCH3 is 2. The highest BCUT2D eigenvalue weighted by molar-refractivity contribution is 5.53. The van der Waals surface area contributed by atoms with Crippen LogP contribution in [0.3, 0.4) is 0 Å². The van der Waals surface area contributed by atoms with E-state index in [2.05, 4.69) is 4.99 Å². The van der Waals surface area contributed by atoms with Crippen LogP contribution in [0.4, 0.5) is 0 Å². The Balaban J connectivity index is 2.27. The van der Waals surface area contributed by atoms with E-state index in [0.29, 0.717) is 12.5 Å². The molecule has 1 aliphatic rings. The fraction of sp³-hybridized carbons (Fsp3) is 0.417. The second-order valence-corrected chi connectivity index (χ2v) is 3.74. The van der Waals surface area contributed by atoms with Gasteiger partial charge in [-0.25, -0.2) is 9.79 Å². The van der Waals surface area contributed by atoms with E-state index in [9.17, 15) is 4.79 Å². The number of hydrogen-bond donors (Lipinski definition) is 0. The zero-order valence-corrected chi connectivity index (χ0v) is 9.32. The van der Waals surface area contributed by atoms with Crippen LogP contribution in [-0.2, 0) is 11.2 Å². The SMILES string of the molecule is COc1cc2c(cc1OC)[C@@H](CN=C=O)C2. The smallest absolute Gasteiger partial charge is 0.234 e. The molecule has 0 N–H and O–H groups in total. The van der Waals surface area contributed by atoms with Crippen LogP contribution in [0.15, 0.2) is 17.1 Å². The van der Waals surface area contributed by atoms with Crippen LogP contribution in [0.5, 0.6) is 11.5 Å². The van der Waals surface area contributed by atoms with E-state index >= 15 is 0 Å². The van der Waals surface area contributed by atoms with Crippen molar-refractivity contribution in [2.45, 2.75) is 12.3 Å². The average molecular weight is 219 g/mol. The van der Waals surface area contributed by atoms with Gasteiger partial charge in [-0.05, 0) is 29.7 Å². The minimum Gasteiger partial charge on any atom is -0.493 e. The van der Waals surface area contributed by atoms with Gasteiger partial charge in [0.25, 0.3) is 0 Å². The summed E-state index contributed by atoms with van der Waals surface area (Å²) in [7, 11) is 3.23. The highest BCUT2D eigenvalue weighted by atomic mass is 16.5. The van der Waals surface area contributed by atoms with Gasteiger partial charge in [-0.2, -0.15) is 0 Å². The Bertz CT molecular complexity index is 450. The summed E-state index contributed by atoms with van der Waals surface area (Å²) < 4.78 is 10.4. The summed E-state index contributed by atoms with van der Waals surface area (Å²) in [6.45, 7) is 0.506. The molecule has 0 heterocycles. The Morgan fingerprint density at radius 2 is 2.06 bits per heavy atom. The molecule has 0 aliphatic heterocycles. The number of fused-ring (bicyclic) bond motifs is 1. The summed E-state index contributed by atoms with van der Waals surface area (Å²) in [5, 5.41) is 0. The summed E-state index contributed by atoms with van der Waals surface area (Å²) in [5.74, 6) is 1.79.